The summed E-state index contributed by atoms with van der Waals surface area (Å²) in [6, 6.07) is 0.539. The highest BCUT2D eigenvalue weighted by atomic mass is 32.1. The van der Waals surface area contributed by atoms with E-state index in [4.69, 9.17) is 5.73 Å². The summed E-state index contributed by atoms with van der Waals surface area (Å²) in [5, 5.41) is 7.84. The Bertz CT molecular complexity index is 590. The molecule has 0 aromatic carbocycles. The van der Waals surface area contributed by atoms with Crippen molar-refractivity contribution in [3.8, 4) is 11.3 Å². The van der Waals surface area contributed by atoms with Crippen LogP contribution in [0.4, 0.5) is 10.8 Å². The van der Waals surface area contributed by atoms with E-state index in [1.54, 1.807) is 11.3 Å². The molecular formula is C14H20N4S2. The predicted molar refractivity (Wildman–Crippen MR) is 87.4 cm³/mol. The first-order valence-corrected chi connectivity index (χ1v) is 8.73. The zero-order valence-corrected chi connectivity index (χ0v) is 13.5. The number of nitrogens with two attached hydrogens (primary N) is 1. The summed E-state index contributed by atoms with van der Waals surface area (Å²) < 4.78 is 4.31. The zero-order chi connectivity index (χ0) is 14.1. The Morgan fingerprint density at radius 1 is 1.40 bits per heavy atom. The molecule has 0 bridgehead atoms. The predicted octanol–water partition coefficient (Wildman–Crippen LogP) is 4.15. The number of thiazole rings is 1. The number of nitrogens with one attached hydrogen (secondary N) is 1. The van der Waals surface area contributed by atoms with Gasteiger partial charge >= 0.3 is 0 Å². The van der Waals surface area contributed by atoms with Crippen molar-refractivity contribution in [3.63, 3.8) is 0 Å². The maximum absolute atomic E-state index is 6.04. The maximum Gasteiger partial charge on any atom is 0.148 e. The van der Waals surface area contributed by atoms with Gasteiger partial charge in [-0.15, -0.1) is 11.3 Å². The number of aromatic nitrogens is 2. The fourth-order valence-electron chi connectivity index (χ4n) is 2.88. The van der Waals surface area contributed by atoms with Gasteiger partial charge < -0.3 is 11.1 Å². The molecule has 3 rings (SSSR count). The van der Waals surface area contributed by atoms with Crippen molar-refractivity contribution in [2.24, 2.45) is 5.92 Å². The highest BCUT2D eigenvalue weighted by molar-refractivity contribution is 7.11. The van der Waals surface area contributed by atoms with Crippen LogP contribution in [-0.4, -0.2) is 15.4 Å². The van der Waals surface area contributed by atoms with Gasteiger partial charge in [-0.25, -0.2) is 4.98 Å². The molecule has 2 atom stereocenters. The fraction of sp³-hybridized carbons (Fsp3) is 0.571. The lowest BCUT2D eigenvalue weighted by molar-refractivity contribution is 0.359. The van der Waals surface area contributed by atoms with E-state index >= 15 is 0 Å². The lowest BCUT2D eigenvalue weighted by atomic mass is 9.87. The number of nitrogens with zero attached hydrogens (tertiary/aromatic N) is 2. The van der Waals surface area contributed by atoms with Crippen molar-refractivity contribution in [1.29, 1.82) is 0 Å². The van der Waals surface area contributed by atoms with E-state index in [1.165, 1.54) is 37.2 Å². The van der Waals surface area contributed by atoms with Crippen LogP contribution in [0.5, 0.6) is 0 Å². The maximum atomic E-state index is 6.04. The summed E-state index contributed by atoms with van der Waals surface area (Å²) in [6.45, 7) is 4.35. The Hall–Kier alpha value is -1.14. The van der Waals surface area contributed by atoms with E-state index in [1.807, 2.05) is 6.92 Å². The van der Waals surface area contributed by atoms with Gasteiger partial charge in [-0.3, -0.25) is 0 Å². The average Bonchev–Trinajstić information content (AvgIpc) is 2.96. The minimum Gasteiger partial charge on any atom is -0.382 e. The van der Waals surface area contributed by atoms with Crippen LogP contribution in [-0.2, 0) is 0 Å². The number of anilines is 2. The molecule has 4 nitrogen and oxygen atoms in total. The standard InChI is InChI=1S/C14H20N4S2/c1-8-4-3-5-10(6-8)17-14-12(13(15)18-20-14)11-7-19-9(2)16-11/h7-8,10,17H,3-6H2,1-2H3,(H2,15,18). The summed E-state index contributed by atoms with van der Waals surface area (Å²) in [7, 11) is 0. The Labute approximate surface area is 127 Å². The molecule has 2 aromatic rings. The van der Waals surface area contributed by atoms with Crippen LogP contribution in [0.15, 0.2) is 5.38 Å². The van der Waals surface area contributed by atoms with Gasteiger partial charge in [-0.05, 0) is 37.2 Å². The first-order valence-electron chi connectivity index (χ1n) is 7.07. The summed E-state index contributed by atoms with van der Waals surface area (Å²) >= 11 is 3.10. The lowest BCUT2D eigenvalue weighted by Gasteiger charge is -2.27. The van der Waals surface area contributed by atoms with Crippen LogP contribution >= 0.6 is 22.9 Å². The Kier molecular flexibility index (Phi) is 3.94. The first kappa shape index (κ1) is 13.8. The molecule has 1 aliphatic rings. The number of aryl methyl sites for hydroxylation is 1. The van der Waals surface area contributed by atoms with Crippen LogP contribution < -0.4 is 11.1 Å². The Morgan fingerprint density at radius 2 is 2.25 bits per heavy atom. The molecule has 0 amide bonds. The van der Waals surface area contributed by atoms with Crippen molar-refractivity contribution in [3.05, 3.63) is 10.4 Å². The number of hydrogen-bond donors (Lipinski definition) is 2. The molecule has 1 saturated carbocycles. The topological polar surface area (TPSA) is 63.8 Å². The molecule has 2 aromatic heterocycles. The first-order chi connectivity index (χ1) is 9.63. The van der Waals surface area contributed by atoms with Gasteiger partial charge in [-0.2, -0.15) is 4.37 Å². The second-order valence-corrected chi connectivity index (χ2v) is 7.47. The smallest absolute Gasteiger partial charge is 0.148 e. The quantitative estimate of drug-likeness (QED) is 0.894. The molecule has 0 saturated heterocycles. The molecule has 20 heavy (non-hydrogen) atoms. The Morgan fingerprint density at radius 3 is 2.95 bits per heavy atom. The highest BCUT2D eigenvalue weighted by Crippen LogP contribution is 2.38. The van der Waals surface area contributed by atoms with Crippen molar-refractivity contribution >= 4 is 33.7 Å². The monoisotopic (exact) mass is 308 g/mol. The summed E-state index contributed by atoms with van der Waals surface area (Å²) in [5.41, 5.74) is 7.97. The Balaban J connectivity index is 1.83. The minimum atomic E-state index is 0.539. The minimum absolute atomic E-state index is 0.539. The second kappa shape index (κ2) is 5.69. The fourth-order valence-corrected chi connectivity index (χ4v) is 4.28. The highest BCUT2D eigenvalue weighted by Gasteiger charge is 2.22. The molecule has 3 N–H and O–H groups in total. The van der Waals surface area contributed by atoms with E-state index in [9.17, 15) is 0 Å². The largest absolute Gasteiger partial charge is 0.382 e. The van der Waals surface area contributed by atoms with E-state index in [-0.39, 0.29) is 0 Å². The number of rotatable bonds is 3. The van der Waals surface area contributed by atoms with Gasteiger partial charge in [0.2, 0.25) is 0 Å². The second-order valence-electron chi connectivity index (χ2n) is 5.64. The van der Waals surface area contributed by atoms with Crippen LogP contribution in [0.25, 0.3) is 11.3 Å². The van der Waals surface area contributed by atoms with Gasteiger partial charge in [0.1, 0.15) is 10.8 Å². The van der Waals surface area contributed by atoms with Crippen molar-refractivity contribution in [1.82, 2.24) is 9.36 Å². The summed E-state index contributed by atoms with van der Waals surface area (Å²) in [5.74, 6) is 1.39. The molecular weight excluding hydrogens is 288 g/mol. The van der Waals surface area contributed by atoms with Gasteiger partial charge in [0.25, 0.3) is 0 Å². The van der Waals surface area contributed by atoms with Crippen LogP contribution in [0.1, 0.15) is 37.6 Å². The van der Waals surface area contributed by atoms with Crippen LogP contribution in [0.2, 0.25) is 0 Å². The molecule has 0 aliphatic heterocycles. The molecule has 6 heteroatoms. The van der Waals surface area contributed by atoms with E-state index in [2.05, 4.69) is 27.0 Å². The molecule has 2 unspecified atom stereocenters. The van der Waals surface area contributed by atoms with E-state index in [0.29, 0.717) is 11.9 Å². The molecule has 1 fully saturated rings. The molecule has 0 spiro atoms. The van der Waals surface area contributed by atoms with Gasteiger partial charge in [0, 0.05) is 11.4 Å². The van der Waals surface area contributed by atoms with E-state index < -0.39 is 0 Å². The van der Waals surface area contributed by atoms with Gasteiger partial charge in [0.05, 0.1) is 16.3 Å². The van der Waals surface area contributed by atoms with Crippen molar-refractivity contribution in [2.75, 3.05) is 11.1 Å². The third kappa shape index (κ3) is 2.81. The van der Waals surface area contributed by atoms with Crippen molar-refractivity contribution < 1.29 is 0 Å². The van der Waals surface area contributed by atoms with Gasteiger partial charge in [0.15, 0.2) is 0 Å². The number of hydrogen-bond acceptors (Lipinski definition) is 6. The SMILES string of the molecule is Cc1nc(-c2c(N)nsc2NC2CCCC(C)C2)cs1. The molecule has 0 radical (unpaired) electrons. The normalized spacial score (nSPS) is 22.9. The van der Waals surface area contributed by atoms with Crippen LogP contribution in [0, 0.1) is 12.8 Å². The number of nitrogen functional groups attached to an aromatic ring is 1. The molecule has 2 heterocycles. The summed E-state index contributed by atoms with van der Waals surface area (Å²) in [6.07, 6.45) is 5.12. The van der Waals surface area contributed by atoms with Crippen LogP contribution in [0.3, 0.4) is 0 Å². The zero-order valence-electron chi connectivity index (χ0n) is 11.8. The average molecular weight is 308 g/mol. The third-order valence-corrected chi connectivity index (χ3v) is 5.43. The molecule has 108 valence electrons. The molecule has 1 aliphatic carbocycles. The van der Waals surface area contributed by atoms with E-state index in [0.717, 1.165) is 27.2 Å². The van der Waals surface area contributed by atoms with Gasteiger partial charge in [-0.1, -0.05) is 19.8 Å². The third-order valence-electron chi connectivity index (χ3n) is 3.87. The summed E-state index contributed by atoms with van der Waals surface area (Å²) in [4.78, 5) is 4.55. The lowest BCUT2D eigenvalue weighted by Crippen LogP contribution is -2.25. The van der Waals surface area contributed by atoms with Crippen molar-refractivity contribution in [2.45, 2.75) is 45.6 Å².